The van der Waals surface area contributed by atoms with Gasteiger partial charge in [-0.15, -0.1) is 0 Å². The zero-order chi connectivity index (χ0) is 22.6. The molecule has 33 heavy (non-hydrogen) atoms. The molecule has 5 rings (SSSR count). The highest BCUT2D eigenvalue weighted by atomic mass is 16.5. The first-order valence-corrected chi connectivity index (χ1v) is 12.6. The van der Waals surface area contributed by atoms with Crippen LogP contribution in [-0.4, -0.2) is 17.8 Å². The number of nitrogens with zero attached hydrogens (tertiary/aromatic N) is 2. The first-order valence-electron chi connectivity index (χ1n) is 12.6. The van der Waals surface area contributed by atoms with Crippen molar-refractivity contribution >= 4 is 11.3 Å². The Morgan fingerprint density at radius 1 is 0.909 bits per heavy atom. The molecule has 4 nitrogen and oxygen atoms in total. The number of methoxy groups -OCH3 is 1. The van der Waals surface area contributed by atoms with Gasteiger partial charge >= 0.3 is 0 Å². The van der Waals surface area contributed by atoms with Crippen LogP contribution in [-0.2, 0) is 0 Å². The molecule has 2 fully saturated rings. The lowest BCUT2D eigenvalue weighted by molar-refractivity contribution is 0.415. The van der Waals surface area contributed by atoms with Gasteiger partial charge in [-0.2, -0.15) is 5.26 Å². The van der Waals surface area contributed by atoms with Crippen LogP contribution in [0.2, 0.25) is 0 Å². The Morgan fingerprint density at radius 2 is 1.58 bits per heavy atom. The average molecular weight is 440 g/mol. The zero-order valence-corrected chi connectivity index (χ0v) is 19.6. The van der Waals surface area contributed by atoms with Gasteiger partial charge in [0.05, 0.1) is 24.1 Å². The molecule has 3 aliphatic rings. The highest BCUT2D eigenvalue weighted by molar-refractivity contribution is 6.09. The highest BCUT2D eigenvalue weighted by Crippen LogP contribution is 2.38. The van der Waals surface area contributed by atoms with Crippen molar-refractivity contribution in [2.75, 3.05) is 7.11 Å². The number of hydrogen-bond acceptors (Lipinski definition) is 3. The van der Waals surface area contributed by atoms with Gasteiger partial charge in [0.2, 0.25) is 0 Å². The van der Waals surface area contributed by atoms with E-state index in [4.69, 9.17) is 9.73 Å². The summed E-state index contributed by atoms with van der Waals surface area (Å²) in [5.41, 5.74) is 7.20. The van der Waals surface area contributed by atoms with Crippen LogP contribution in [0.4, 0.5) is 0 Å². The van der Waals surface area contributed by atoms with Crippen molar-refractivity contribution in [3.8, 4) is 11.8 Å². The second-order valence-electron chi connectivity index (χ2n) is 9.65. The molecule has 2 saturated carbocycles. The normalized spacial score (nSPS) is 21.3. The van der Waals surface area contributed by atoms with Crippen molar-refractivity contribution in [3.05, 3.63) is 70.7 Å². The molecule has 2 aliphatic carbocycles. The monoisotopic (exact) mass is 439 g/mol. The standard InChI is InChI=1S/C29H33N3O/c1-33-24-14-12-21(13-15-24)28(26-17-16-25(31-26)20-8-4-2-5-9-20)27-18-23(19-30)29(32-27)22-10-6-3-7-11-22/h12-18,20,22,31H,2-11H2,1H3. The van der Waals surface area contributed by atoms with E-state index in [0.717, 1.165) is 52.4 Å². The molecule has 1 N–H and O–H groups in total. The van der Waals surface area contributed by atoms with E-state index in [2.05, 4.69) is 35.3 Å². The molecule has 0 amide bonds. The van der Waals surface area contributed by atoms with Gasteiger partial charge in [0.15, 0.2) is 0 Å². The van der Waals surface area contributed by atoms with Gasteiger partial charge in [0, 0.05) is 22.9 Å². The van der Waals surface area contributed by atoms with E-state index in [1.807, 2.05) is 18.2 Å². The van der Waals surface area contributed by atoms with Crippen LogP contribution in [0.1, 0.15) is 87.1 Å². The lowest BCUT2D eigenvalue weighted by Gasteiger charge is -2.21. The Hall–Kier alpha value is -3.06. The van der Waals surface area contributed by atoms with E-state index in [9.17, 15) is 5.26 Å². The van der Waals surface area contributed by atoms with Crippen LogP contribution < -0.4 is 4.74 Å². The number of aromatic nitrogens is 1. The van der Waals surface area contributed by atoms with Gasteiger partial charge in [-0.05, 0) is 67.5 Å². The zero-order valence-electron chi connectivity index (χ0n) is 19.6. The average Bonchev–Trinajstić information content (AvgIpc) is 3.54. The summed E-state index contributed by atoms with van der Waals surface area (Å²) in [7, 11) is 1.69. The van der Waals surface area contributed by atoms with Crippen molar-refractivity contribution in [2.24, 2.45) is 10.9 Å². The van der Waals surface area contributed by atoms with Crippen LogP contribution in [0.15, 0.2) is 58.7 Å². The van der Waals surface area contributed by atoms with E-state index in [-0.39, 0.29) is 0 Å². The number of aromatic amines is 1. The molecule has 0 unspecified atom stereocenters. The Balaban J connectivity index is 1.59. The number of hydrogen-bond donors (Lipinski definition) is 1. The predicted molar refractivity (Wildman–Crippen MR) is 133 cm³/mol. The maximum absolute atomic E-state index is 9.90. The number of benzene rings is 1. The molecule has 0 atom stereocenters. The molecule has 1 aliphatic heterocycles. The Labute approximate surface area is 197 Å². The van der Waals surface area contributed by atoms with Gasteiger partial charge in [-0.3, -0.25) is 4.99 Å². The summed E-state index contributed by atoms with van der Waals surface area (Å²) in [6, 6.07) is 15.1. The number of nitriles is 1. The lowest BCUT2D eigenvalue weighted by Crippen LogP contribution is -2.17. The summed E-state index contributed by atoms with van der Waals surface area (Å²) < 4.78 is 5.39. The van der Waals surface area contributed by atoms with Crippen molar-refractivity contribution in [2.45, 2.75) is 70.1 Å². The van der Waals surface area contributed by atoms with Gasteiger partial charge in [-0.1, -0.05) is 50.7 Å². The molecule has 2 aromatic rings. The third kappa shape index (κ3) is 4.55. The van der Waals surface area contributed by atoms with E-state index >= 15 is 0 Å². The molecule has 1 aromatic carbocycles. The number of nitrogens with one attached hydrogen (secondary N) is 1. The first-order chi connectivity index (χ1) is 16.3. The quantitative estimate of drug-likeness (QED) is 0.531. The summed E-state index contributed by atoms with van der Waals surface area (Å²) in [6.45, 7) is 0. The van der Waals surface area contributed by atoms with Crippen LogP contribution in [0, 0.1) is 17.2 Å². The molecule has 0 radical (unpaired) electrons. The minimum Gasteiger partial charge on any atom is -0.497 e. The maximum atomic E-state index is 9.90. The Bertz CT molecular complexity index is 1110. The number of rotatable bonds is 5. The molecule has 1 aromatic heterocycles. The van der Waals surface area contributed by atoms with E-state index < -0.39 is 0 Å². The summed E-state index contributed by atoms with van der Waals surface area (Å²) in [6.07, 6.45) is 14.5. The van der Waals surface area contributed by atoms with E-state index in [1.54, 1.807) is 7.11 Å². The van der Waals surface area contributed by atoms with Gasteiger partial charge in [0.1, 0.15) is 11.8 Å². The fourth-order valence-corrected chi connectivity index (χ4v) is 5.75. The number of ether oxygens (including phenoxy) is 1. The summed E-state index contributed by atoms with van der Waals surface area (Å²) in [5, 5.41) is 9.90. The summed E-state index contributed by atoms with van der Waals surface area (Å²) >= 11 is 0. The Kier molecular flexibility index (Phi) is 6.48. The lowest BCUT2D eigenvalue weighted by atomic mass is 9.84. The predicted octanol–water partition coefficient (Wildman–Crippen LogP) is 7.32. The maximum Gasteiger partial charge on any atom is 0.118 e. The van der Waals surface area contributed by atoms with E-state index in [1.165, 1.54) is 57.1 Å². The molecular weight excluding hydrogens is 406 g/mol. The van der Waals surface area contributed by atoms with Crippen LogP contribution >= 0.6 is 0 Å². The van der Waals surface area contributed by atoms with Crippen LogP contribution in [0.5, 0.6) is 5.75 Å². The fraction of sp³-hybridized carbons (Fsp3) is 0.448. The number of H-pyrrole nitrogens is 1. The SMILES string of the molecule is COc1ccc(C(=C2C=C(C#N)C(C3CCCCC3)=N2)c2ccc(C3CCCCC3)[nH]2)cc1. The van der Waals surface area contributed by atoms with Gasteiger partial charge < -0.3 is 9.72 Å². The second kappa shape index (κ2) is 9.83. The van der Waals surface area contributed by atoms with Crippen LogP contribution in [0.25, 0.3) is 5.57 Å². The van der Waals surface area contributed by atoms with Crippen molar-refractivity contribution < 1.29 is 4.74 Å². The van der Waals surface area contributed by atoms with E-state index in [0.29, 0.717) is 11.8 Å². The first kappa shape index (κ1) is 21.8. The highest BCUT2D eigenvalue weighted by Gasteiger charge is 2.28. The van der Waals surface area contributed by atoms with Crippen molar-refractivity contribution in [1.29, 1.82) is 5.26 Å². The fourth-order valence-electron chi connectivity index (χ4n) is 5.75. The largest absolute Gasteiger partial charge is 0.497 e. The number of allylic oxidation sites excluding steroid dienone is 2. The molecule has 0 saturated heterocycles. The summed E-state index contributed by atoms with van der Waals surface area (Å²) in [4.78, 5) is 8.86. The molecular formula is C29H33N3O. The molecule has 4 heteroatoms. The third-order valence-corrected chi connectivity index (χ3v) is 7.57. The molecule has 0 spiro atoms. The van der Waals surface area contributed by atoms with Gasteiger partial charge in [0.25, 0.3) is 0 Å². The molecule has 0 bridgehead atoms. The smallest absolute Gasteiger partial charge is 0.118 e. The topological polar surface area (TPSA) is 61.2 Å². The second-order valence-corrected chi connectivity index (χ2v) is 9.65. The molecule has 170 valence electrons. The number of aliphatic imine (C=N–C) groups is 1. The summed E-state index contributed by atoms with van der Waals surface area (Å²) in [5.74, 6) is 1.86. The molecule has 2 heterocycles. The third-order valence-electron chi connectivity index (χ3n) is 7.57. The minimum atomic E-state index is 0.403. The van der Waals surface area contributed by atoms with Crippen molar-refractivity contribution in [1.82, 2.24) is 4.98 Å². The minimum absolute atomic E-state index is 0.403. The van der Waals surface area contributed by atoms with Crippen molar-refractivity contribution in [3.63, 3.8) is 0 Å². The van der Waals surface area contributed by atoms with Crippen LogP contribution in [0.3, 0.4) is 0 Å². The Morgan fingerprint density at radius 3 is 2.21 bits per heavy atom. The van der Waals surface area contributed by atoms with Gasteiger partial charge in [-0.25, -0.2) is 0 Å².